The molecule has 1 unspecified atom stereocenters. The maximum absolute atomic E-state index is 12.9. The molecule has 2 aliphatic heterocycles. The summed E-state index contributed by atoms with van der Waals surface area (Å²) in [5, 5.41) is 3.03. The number of para-hydroxylation sites is 1. The minimum absolute atomic E-state index is 0.174. The predicted molar refractivity (Wildman–Crippen MR) is 155 cm³/mol. The summed E-state index contributed by atoms with van der Waals surface area (Å²) in [5.74, 6) is 0.981. The lowest BCUT2D eigenvalue weighted by atomic mass is 9.95. The number of hydrogen-bond donors (Lipinski definition) is 1. The lowest BCUT2D eigenvalue weighted by molar-refractivity contribution is 0.0386. The summed E-state index contributed by atoms with van der Waals surface area (Å²) in [4.78, 5) is 32.3. The van der Waals surface area contributed by atoms with Gasteiger partial charge in [0.2, 0.25) is 0 Å². The lowest BCUT2D eigenvalue weighted by Crippen LogP contribution is -2.51. The number of morpholine rings is 1. The number of benzene rings is 2. The van der Waals surface area contributed by atoms with Crippen LogP contribution in [0.15, 0.2) is 48.5 Å². The third-order valence-corrected chi connectivity index (χ3v) is 7.86. The van der Waals surface area contributed by atoms with Gasteiger partial charge in [0, 0.05) is 44.5 Å². The monoisotopic (exact) mass is 536 g/mol. The molecule has 2 fully saturated rings. The van der Waals surface area contributed by atoms with E-state index in [2.05, 4.69) is 36.2 Å². The van der Waals surface area contributed by atoms with Crippen LogP contribution in [-0.2, 0) is 11.2 Å². The number of carbonyl (C=O) groups excluding carboxylic acids is 2. The smallest absolute Gasteiger partial charge is 0.320 e. The first-order valence-electron chi connectivity index (χ1n) is 14.4. The van der Waals surface area contributed by atoms with Gasteiger partial charge in [0.1, 0.15) is 5.75 Å². The van der Waals surface area contributed by atoms with Crippen LogP contribution in [0.25, 0.3) is 0 Å². The topological polar surface area (TPSA) is 74.4 Å². The molecule has 0 radical (unpaired) electrons. The van der Waals surface area contributed by atoms with Gasteiger partial charge in [0.15, 0.2) is 0 Å². The molecular formula is C31H44N4O4. The van der Waals surface area contributed by atoms with E-state index in [1.54, 1.807) is 19.2 Å². The number of nitrogens with one attached hydrogen (secondary N) is 1. The first-order chi connectivity index (χ1) is 19.0. The van der Waals surface area contributed by atoms with Crippen LogP contribution in [0.2, 0.25) is 0 Å². The average Bonchev–Trinajstić information content (AvgIpc) is 2.97. The van der Waals surface area contributed by atoms with E-state index in [1.807, 2.05) is 34.1 Å². The fraction of sp³-hybridized carbons (Fsp3) is 0.548. The quantitative estimate of drug-likeness (QED) is 0.474. The average molecular weight is 537 g/mol. The van der Waals surface area contributed by atoms with Crippen LogP contribution in [-0.4, -0.2) is 92.3 Å². The van der Waals surface area contributed by atoms with Crippen molar-refractivity contribution in [1.29, 1.82) is 0 Å². The van der Waals surface area contributed by atoms with Crippen molar-refractivity contribution in [2.24, 2.45) is 5.92 Å². The van der Waals surface area contributed by atoms with E-state index in [9.17, 15) is 9.59 Å². The van der Waals surface area contributed by atoms with Crippen molar-refractivity contribution >= 4 is 17.6 Å². The zero-order chi connectivity index (χ0) is 27.6. The molecule has 2 saturated heterocycles. The zero-order valence-electron chi connectivity index (χ0n) is 23.7. The molecule has 4 rings (SSSR count). The van der Waals surface area contributed by atoms with E-state index in [-0.39, 0.29) is 11.9 Å². The number of hydrogen-bond acceptors (Lipinski definition) is 5. The Labute approximate surface area is 233 Å². The fourth-order valence-corrected chi connectivity index (χ4v) is 5.65. The minimum Gasteiger partial charge on any atom is -0.496 e. The van der Waals surface area contributed by atoms with E-state index in [0.717, 1.165) is 57.5 Å². The minimum atomic E-state index is -0.177. The molecule has 2 heterocycles. The van der Waals surface area contributed by atoms with Gasteiger partial charge in [-0.25, -0.2) is 4.79 Å². The van der Waals surface area contributed by atoms with Gasteiger partial charge in [-0.05, 0) is 74.9 Å². The van der Waals surface area contributed by atoms with Crippen LogP contribution in [0.5, 0.6) is 5.75 Å². The second-order valence-electron chi connectivity index (χ2n) is 10.7. The van der Waals surface area contributed by atoms with E-state index in [1.165, 1.54) is 5.56 Å². The Balaban J connectivity index is 1.30. The highest BCUT2D eigenvalue weighted by Crippen LogP contribution is 2.23. The summed E-state index contributed by atoms with van der Waals surface area (Å²) in [6.45, 7) is 11.0. The van der Waals surface area contributed by atoms with Gasteiger partial charge in [-0.2, -0.15) is 0 Å². The molecule has 2 aromatic rings. The Morgan fingerprint density at radius 2 is 1.77 bits per heavy atom. The third kappa shape index (κ3) is 7.96. The molecule has 8 nitrogen and oxygen atoms in total. The number of rotatable bonds is 10. The van der Waals surface area contributed by atoms with Crippen LogP contribution < -0.4 is 10.1 Å². The predicted octanol–water partition coefficient (Wildman–Crippen LogP) is 4.75. The highest BCUT2D eigenvalue weighted by Gasteiger charge is 2.29. The molecule has 8 heteroatoms. The largest absolute Gasteiger partial charge is 0.496 e. The van der Waals surface area contributed by atoms with Gasteiger partial charge in [-0.15, -0.1) is 0 Å². The number of nitrogens with zero attached hydrogens (tertiary/aromatic N) is 3. The molecule has 212 valence electrons. The Kier molecular flexibility index (Phi) is 10.6. The molecule has 3 amide bonds. The Morgan fingerprint density at radius 1 is 1.05 bits per heavy atom. The maximum Gasteiger partial charge on any atom is 0.320 e. The normalized spacial score (nSPS) is 17.2. The first-order valence-corrected chi connectivity index (χ1v) is 14.4. The van der Waals surface area contributed by atoms with E-state index in [0.29, 0.717) is 49.6 Å². The molecule has 2 aromatic carbocycles. The highest BCUT2D eigenvalue weighted by molar-refractivity contribution is 6.06. The lowest BCUT2D eigenvalue weighted by Gasteiger charge is -2.39. The number of anilines is 1. The summed E-state index contributed by atoms with van der Waals surface area (Å²) >= 11 is 0. The number of piperidine rings is 1. The Morgan fingerprint density at radius 3 is 2.49 bits per heavy atom. The number of amides is 3. The van der Waals surface area contributed by atoms with Crippen molar-refractivity contribution in [2.75, 3.05) is 64.9 Å². The molecule has 1 N–H and O–H groups in total. The van der Waals surface area contributed by atoms with Gasteiger partial charge in [0.05, 0.1) is 25.9 Å². The van der Waals surface area contributed by atoms with Gasteiger partial charge in [-0.3, -0.25) is 4.79 Å². The highest BCUT2D eigenvalue weighted by atomic mass is 16.5. The van der Waals surface area contributed by atoms with Crippen LogP contribution >= 0.6 is 0 Å². The van der Waals surface area contributed by atoms with Gasteiger partial charge in [-0.1, -0.05) is 31.2 Å². The summed E-state index contributed by atoms with van der Waals surface area (Å²) in [5.41, 5.74) is 2.51. The van der Waals surface area contributed by atoms with Crippen molar-refractivity contribution in [2.45, 2.75) is 45.6 Å². The molecular weight excluding hydrogens is 492 g/mol. The molecule has 0 bridgehead atoms. The molecule has 1 atom stereocenters. The second-order valence-corrected chi connectivity index (χ2v) is 10.7. The summed E-state index contributed by atoms with van der Waals surface area (Å²) in [6, 6.07) is 15.9. The van der Waals surface area contributed by atoms with Gasteiger partial charge < -0.3 is 29.5 Å². The van der Waals surface area contributed by atoms with Crippen molar-refractivity contribution in [3.63, 3.8) is 0 Å². The molecule has 2 aliphatic rings. The van der Waals surface area contributed by atoms with Crippen LogP contribution in [0.1, 0.15) is 49.0 Å². The summed E-state index contributed by atoms with van der Waals surface area (Å²) in [6.07, 6.45) is 4.11. The maximum atomic E-state index is 12.9. The number of urea groups is 1. The first kappa shape index (κ1) is 28.9. The van der Waals surface area contributed by atoms with Crippen molar-refractivity contribution in [1.82, 2.24) is 14.7 Å². The Bertz CT molecular complexity index is 1080. The number of likely N-dealkylation sites (tertiary alicyclic amines) is 1. The SMILES string of the molecule is CCCN(CC1CCN(C(=O)N2CCOCC2)CC1)C(C)Cc1cccc(NC(=O)c2ccccc2OC)c1. The third-order valence-electron chi connectivity index (χ3n) is 7.86. The molecule has 0 aliphatic carbocycles. The van der Waals surface area contributed by atoms with Crippen LogP contribution in [0.3, 0.4) is 0 Å². The van der Waals surface area contributed by atoms with E-state index in [4.69, 9.17) is 9.47 Å². The summed E-state index contributed by atoms with van der Waals surface area (Å²) < 4.78 is 10.7. The second kappa shape index (κ2) is 14.3. The number of methoxy groups -OCH3 is 1. The van der Waals surface area contributed by atoms with Crippen molar-refractivity contribution in [3.05, 3.63) is 59.7 Å². The number of ether oxygens (including phenoxy) is 2. The van der Waals surface area contributed by atoms with E-state index >= 15 is 0 Å². The van der Waals surface area contributed by atoms with Crippen LogP contribution in [0.4, 0.5) is 10.5 Å². The van der Waals surface area contributed by atoms with Gasteiger partial charge in [0.25, 0.3) is 5.91 Å². The Hall–Kier alpha value is -3.10. The van der Waals surface area contributed by atoms with Gasteiger partial charge >= 0.3 is 6.03 Å². The zero-order valence-corrected chi connectivity index (χ0v) is 23.7. The standard InChI is InChI=1S/C31H44N4O4/c1-4-14-35(23-25-12-15-33(16-13-25)31(37)34-17-19-39-20-18-34)24(2)21-26-8-7-9-27(22-26)32-30(36)28-10-5-6-11-29(28)38-3/h5-11,22,24-25H,4,12-21,23H2,1-3H3,(H,32,36). The molecule has 0 spiro atoms. The molecule has 39 heavy (non-hydrogen) atoms. The van der Waals surface area contributed by atoms with Crippen LogP contribution in [0, 0.1) is 5.92 Å². The van der Waals surface area contributed by atoms with Crippen molar-refractivity contribution < 1.29 is 19.1 Å². The fourth-order valence-electron chi connectivity index (χ4n) is 5.65. The molecule has 0 aromatic heterocycles. The van der Waals surface area contributed by atoms with E-state index < -0.39 is 0 Å². The summed E-state index contributed by atoms with van der Waals surface area (Å²) in [7, 11) is 1.57. The van der Waals surface area contributed by atoms with Crippen molar-refractivity contribution in [3.8, 4) is 5.75 Å². The molecule has 0 saturated carbocycles. The number of carbonyl (C=O) groups is 2.